The summed E-state index contributed by atoms with van der Waals surface area (Å²) in [4.78, 5) is 12.9. The van der Waals surface area contributed by atoms with Gasteiger partial charge in [0.25, 0.3) is 0 Å². The summed E-state index contributed by atoms with van der Waals surface area (Å²) in [6.45, 7) is 2.42. The number of tetrazole rings is 1. The number of hydrogen-bond donors (Lipinski definition) is 2. The Balaban J connectivity index is 1.79. The Kier molecular flexibility index (Phi) is 5.20. The molecule has 3 rings (SSSR count). The third kappa shape index (κ3) is 3.62. The fourth-order valence-electron chi connectivity index (χ4n) is 3.44. The fraction of sp³-hybridized carbons (Fsp3) is 0.529. The van der Waals surface area contributed by atoms with E-state index in [9.17, 15) is 4.79 Å². The lowest BCUT2D eigenvalue weighted by atomic mass is 10.0. The highest BCUT2D eigenvalue weighted by Crippen LogP contribution is 2.25. The topological polar surface area (TPSA) is 98.7 Å². The van der Waals surface area contributed by atoms with Crippen LogP contribution in [0.1, 0.15) is 36.7 Å². The Bertz CT molecular complexity index is 671. The van der Waals surface area contributed by atoms with Crippen LogP contribution in [0.5, 0.6) is 0 Å². The van der Waals surface area contributed by atoms with E-state index in [1.807, 2.05) is 37.3 Å². The first-order valence-corrected chi connectivity index (χ1v) is 8.48. The molecule has 0 aliphatic heterocycles. The molecule has 0 radical (unpaired) electrons. The monoisotopic (exact) mass is 328 g/mol. The van der Waals surface area contributed by atoms with Crippen molar-refractivity contribution in [3.63, 3.8) is 0 Å². The molecule has 1 aliphatic rings. The second-order valence-corrected chi connectivity index (χ2v) is 6.42. The van der Waals surface area contributed by atoms with Gasteiger partial charge in [0.2, 0.25) is 5.91 Å². The molecule has 3 unspecified atom stereocenters. The summed E-state index contributed by atoms with van der Waals surface area (Å²) < 4.78 is 1.61. The molecule has 3 N–H and O–H groups in total. The summed E-state index contributed by atoms with van der Waals surface area (Å²) in [5.74, 6) is 0.953. The van der Waals surface area contributed by atoms with Crippen molar-refractivity contribution in [3.05, 3.63) is 41.7 Å². The molecule has 1 aromatic carbocycles. The van der Waals surface area contributed by atoms with E-state index in [-0.39, 0.29) is 11.9 Å². The summed E-state index contributed by atoms with van der Waals surface area (Å²) >= 11 is 0. The summed E-state index contributed by atoms with van der Waals surface area (Å²) in [7, 11) is 0. The highest BCUT2D eigenvalue weighted by molar-refractivity contribution is 5.81. The third-order valence-corrected chi connectivity index (χ3v) is 4.82. The molecule has 1 amide bonds. The van der Waals surface area contributed by atoms with Crippen LogP contribution in [0.2, 0.25) is 0 Å². The van der Waals surface area contributed by atoms with Crippen molar-refractivity contribution >= 4 is 5.91 Å². The predicted octanol–water partition coefficient (Wildman–Crippen LogP) is 1.01. The van der Waals surface area contributed by atoms with Crippen LogP contribution in [0.4, 0.5) is 0 Å². The highest BCUT2D eigenvalue weighted by Gasteiger charge is 2.31. The quantitative estimate of drug-likeness (QED) is 0.824. The van der Waals surface area contributed by atoms with Gasteiger partial charge >= 0.3 is 0 Å². The maximum atomic E-state index is 12.9. The van der Waals surface area contributed by atoms with Crippen molar-refractivity contribution in [3.8, 4) is 0 Å². The van der Waals surface area contributed by atoms with Crippen molar-refractivity contribution in [1.82, 2.24) is 25.5 Å². The number of nitrogens with one attached hydrogen (secondary N) is 1. The van der Waals surface area contributed by atoms with E-state index in [0.717, 1.165) is 24.8 Å². The van der Waals surface area contributed by atoms with Gasteiger partial charge < -0.3 is 11.1 Å². The second kappa shape index (κ2) is 7.53. The largest absolute Gasteiger partial charge is 0.351 e. The molecule has 7 heteroatoms. The molecule has 0 bridgehead atoms. The number of rotatable bonds is 6. The number of aryl methyl sites for hydroxylation is 1. The molecular formula is C17H24N6O. The zero-order valence-electron chi connectivity index (χ0n) is 13.9. The first-order valence-electron chi connectivity index (χ1n) is 8.48. The van der Waals surface area contributed by atoms with Gasteiger partial charge in [-0.25, -0.2) is 4.68 Å². The Hall–Kier alpha value is -2.28. The molecule has 1 saturated carbocycles. The molecule has 3 atom stereocenters. The van der Waals surface area contributed by atoms with Crippen LogP contribution >= 0.6 is 0 Å². The van der Waals surface area contributed by atoms with Gasteiger partial charge in [0.15, 0.2) is 0 Å². The Morgan fingerprint density at radius 3 is 2.83 bits per heavy atom. The number of aromatic nitrogens is 4. The number of benzene rings is 1. The maximum Gasteiger partial charge on any atom is 0.245 e. The van der Waals surface area contributed by atoms with Crippen molar-refractivity contribution in [2.24, 2.45) is 11.7 Å². The molecular weight excluding hydrogens is 304 g/mol. The molecule has 0 spiro atoms. The minimum Gasteiger partial charge on any atom is -0.351 e. The first-order chi connectivity index (χ1) is 11.7. The van der Waals surface area contributed by atoms with Crippen molar-refractivity contribution in [2.45, 2.75) is 44.7 Å². The van der Waals surface area contributed by atoms with E-state index in [0.29, 0.717) is 24.7 Å². The summed E-state index contributed by atoms with van der Waals surface area (Å²) in [5.41, 5.74) is 6.91. The minimum absolute atomic E-state index is 0.0420. The molecule has 2 aromatic rings. The van der Waals surface area contributed by atoms with Gasteiger partial charge in [-0.3, -0.25) is 4.79 Å². The summed E-state index contributed by atoms with van der Waals surface area (Å²) in [5, 5.41) is 14.8. The number of hydrogen-bond acceptors (Lipinski definition) is 5. The van der Waals surface area contributed by atoms with Crippen molar-refractivity contribution < 1.29 is 4.79 Å². The molecule has 7 nitrogen and oxygen atoms in total. The lowest BCUT2D eigenvalue weighted by Crippen LogP contribution is -2.44. The molecule has 0 saturated heterocycles. The zero-order chi connectivity index (χ0) is 16.9. The molecule has 1 aromatic heterocycles. The second-order valence-electron chi connectivity index (χ2n) is 6.42. The Morgan fingerprint density at radius 2 is 2.17 bits per heavy atom. The lowest BCUT2D eigenvalue weighted by Gasteiger charge is -2.23. The SMILES string of the molecule is Cc1nnnn1C(Cc1ccccc1)C(=O)NC1CCCC1CN. The molecule has 1 fully saturated rings. The predicted molar refractivity (Wildman–Crippen MR) is 90.1 cm³/mol. The van der Waals surface area contributed by atoms with Crippen LogP contribution in [-0.4, -0.2) is 38.7 Å². The van der Waals surface area contributed by atoms with Crippen LogP contribution in [0.3, 0.4) is 0 Å². The Labute approximate surface area is 141 Å². The highest BCUT2D eigenvalue weighted by atomic mass is 16.2. The van der Waals surface area contributed by atoms with E-state index in [2.05, 4.69) is 20.8 Å². The Morgan fingerprint density at radius 1 is 1.38 bits per heavy atom. The van der Waals surface area contributed by atoms with E-state index < -0.39 is 6.04 Å². The van der Waals surface area contributed by atoms with Crippen LogP contribution in [0.25, 0.3) is 0 Å². The number of carbonyl (C=O) groups is 1. The van der Waals surface area contributed by atoms with Gasteiger partial charge in [0.05, 0.1) is 0 Å². The lowest BCUT2D eigenvalue weighted by molar-refractivity contribution is -0.125. The number of nitrogens with zero attached hydrogens (tertiary/aromatic N) is 4. The van der Waals surface area contributed by atoms with Gasteiger partial charge in [-0.1, -0.05) is 36.8 Å². The zero-order valence-corrected chi connectivity index (χ0v) is 13.9. The minimum atomic E-state index is -0.457. The van der Waals surface area contributed by atoms with Crippen LogP contribution < -0.4 is 11.1 Å². The van der Waals surface area contributed by atoms with E-state index >= 15 is 0 Å². The molecule has 128 valence electrons. The molecule has 1 aliphatic carbocycles. The van der Waals surface area contributed by atoms with Gasteiger partial charge in [0.1, 0.15) is 11.9 Å². The number of nitrogens with two attached hydrogens (primary N) is 1. The van der Waals surface area contributed by atoms with Crippen molar-refractivity contribution in [1.29, 1.82) is 0 Å². The summed E-state index contributed by atoms with van der Waals surface area (Å²) in [6.07, 6.45) is 3.73. The van der Waals surface area contributed by atoms with Crippen molar-refractivity contribution in [2.75, 3.05) is 6.54 Å². The average molecular weight is 328 g/mol. The summed E-state index contributed by atoms with van der Waals surface area (Å²) in [6, 6.07) is 9.62. The number of carbonyl (C=O) groups excluding carboxylic acids is 1. The average Bonchev–Trinajstić information content (AvgIpc) is 3.22. The molecule has 1 heterocycles. The normalized spacial score (nSPS) is 21.6. The third-order valence-electron chi connectivity index (χ3n) is 4.82. The van der Waals surface area contributed by atoms with Gasteiger partial charge in [-0.15, -0.1) is 5.10 Å². The fourth-order valence-corrected chi connectivity index (χ4v) is 3.44. The maximum absolute atomic E-state index is 12.9. The van der Waals surface area contributed by atoms with Crippen LogP contribution in [0, 0.1) is 12.8 Å². The standard InChI is InChI=1S/C17H24N6O/c1-12-20-21-22-23(12)16(10-13-6-3-2-4-7-13)17(24)19-15-9-5-8-14(15)11-18/h2-4,6-7,14-16H,5,8-11,18H2,1H3,(H,19,24). The van der Waals surface area contributed by atoms with Gasteiger partial charge in [-0.05, 0) is 48.2 Å². The first kappa shape index (κ1) is 16.6. The smallest absolute Gasteiger partial charge is 0.245 e. The van der Waals surface area contributed by atoms with E-state index in [1.54, 1.807) is 4.68 Å². The van der Waals surface area contributed by atoms with E-state index in [4.69, 9.17) is 5.73 Å². The number of amides is 1. The molecule has 24 heavy (non-hydrogen) atoms. The van der Waals surface area contributed by atoms with Gasteiger partial charge in [0, 0.05) is 12.5 Å². The van der Waals surface area contributed by atoms with Crippen LogP contribution in [-0.2, 0) is 11.2 Å². The van der Waals surface area contributed by atoms with Gasteiger partial charge in [-0.2, -0.15) is 0 Å². The van der Waals surface area contributed by atoms with E-state index in [1.165, 1.54) is 0 Å². The van der Waals surface area contributed by atoms with Crippen LogP contribution in [0.15, 0.2) is 30.3 Å².